The summed E-state index contributed by atoms with van der Waals surface area (Å²) in [5.74, 6) is 1.31. The number of nitrogens with zero attached hydrogens (tertiary/aromatic N) is 2. The molecule has 6 heteroatoms. The molecule has 1 amide bonds. The van der Waals surface area contributed by atoms with Crippen molar-refractivity contribution in [3.63, 3.8) is 0 Å². The monoisotopic (exact) mass is 245 g/mol. The molecule has 0 radical (unpaired) electrons. The molecule has 92 valence electrons. The van der Waals surface area contributed by atoms with Gasteiger partial charge in [-0.1, -0.05) is 12.1 Å². The summed E-state index contributed by atoms with van der Waals surface area (Å²) in [6.45, 7) is 0.191. The van der Waals surface area contributed by atoms with Crippen LogP contribution in [0, 0.1) is 0 Å². The number of imidazole rings is 1. The van der Waals surface area contributed by atoms with Gasteiger partial charge in [0.2, 0.25) is 0 Å². The average Bonchev–Trinajstić information content (AvgIpc) is 2.78. The number of carbonyl (C=O) groups excluding carboxylic acids is 1. The fourth-order valence-corrected chi connectivity index (χ4v) is 2.00. The molecule has 0 fully saturated rings. The summed E-state index contributed by atoms with van der Waals surface area (Å²) in [5, 5.41) is 0. The Hall–Kier alpha value is -2.50. The number of hydrogen-bond acceptors (Lipinski definition) is 4. The third-order valence-corrected chi connectivity index (χ3v) is 2.73. The van der Waals surface area contributed by atoms with Gasteiger partial charge < -0.3 is 15.2 Å². The summed E-state index contributed by atoms with van der Waals surface area (Å²) in [5.41, 5.74) is 5.91. The molecule has 1 aliphatic rings. The van der Waals surface area contributed by atoms with Crippen molar-refractivity contribution < 1.29 is 14.3 Å². The zero-order valence-electron chi connectivity index (χ0n) is 9.45. The van der Waals surface area contributed by atoms with Crippen molar-refractivity contribution in [3.05, 3.63) is 42.5 Å². The molecule has 1 aliphatic heterocycles. The minimum absolute atomic E-state index is 0.191. The van der Waals surface area contributed by atoms with E-state index >= 15 is 0 Å². The van der Waals surface area contributed by atoms with Gasteiger partial charge in [-0.15, -0.1) is 0 Å². The van der Waals surface area contributed by atoms with Crippen LogP contribution >= 0.6 is 0 Å². The molecule has 2 N–H and O–H groups in total. The number of primary amides is 1. The second-order valence-electron chi connectivity index (χ2n) is 3.86. The molecule has 6 nitrogen and oxygen atoms in total. The highest BCUT2D eigenvalue weighted by molar-refractivity contribution is 5.65. The van der Waals surface area contributed by atoms with Crippen molar-refractivity contribution in [3.8, 4) is 11.4 Å². The minimum atomic E-state index is -0.843. The fourth-order valence-electron chi connectivity index (χ4n) is 2.00. The lowest BCUT2D eigenvalue weighted by Crippen LogP contribution is -2.22. The molecule has 3 rings (SSSR count). The van der Waals surface area contributed by atoms with E-state index in [9.17, 15) is 4.79 Å². The second-order valence-corrected chi connectivity index (χ2v) is 3.86. The topological polar surface area (TPSA) is 79.4 Å². The van der Waals surface area contributed by atoms with E-state index in [1.807, 2.05) is 28.8 Å². The molecule has 0 spiro atoms. The van der Waals surface area contributed by atoms with Gasteiger partial charge in [0.25, 0.3) is 0 Å². The van der Waals surface area contributed by atoms with E-state index in [-0.39, 0.29) is 6.61 Å². The molecule has 2 aromatic rings. The summed E-state index contributed by atoms with van der Waals surface area (Å²) in [4.78, 5) is 15.1. The first-order valence-electron chi connectivity index (χ1n) is 5.47. The molecule has 0 aliphatic carbocycles. The van der Waals surface area contributed by atoms with Gasteiger partial charge in [0.1, 0.15) is 12.4 Å². The van der Waals surface area contributed by atoms with Gasteiger partial charge in [-0.25, -0.2) is 9.78 Å². The first-order valence-corrected chi connectivity index (χ1v) is 5.47. The summed E-state index contributed by atoms with van der Waals surface area (Å²) in [6.07, 6.45) is 1.99. The third-order valence-electron chi connectivity index (χ3n) is 2.73. The van der Waals surface area contributed by atoms with Gasteiger partial charge in [-0.2, -0.15) is 0 Å². The zero-order valence-corrected chi connectivity index (χ0v) is 9.45. The number of fused-ring (bicyclic) bond motifs is 3. The SMILES string of the molecule is NC(=O)O[C@@H]1COc2ccccc2-n2ccnc21. The predicted molar refractivity (Wildman–Crippen MR) is 62.5 cm³/mol. The smallest absolute Gasteiger partial charge is 0.405 e. The van der Waals surface area contributed by atoms with Crippen LogP contribution in [0.1, 0.15) is 11.9 Å². The Bertz CT molecular complexity index is 594. The van der Waals surface area contributed by atoms with Crippen molar-refractivity contribution in [2.45, 2.75) is 6.10 Å². The lowest BCUT2D eigenvalue weighted by atomic mass is 10.3. The lowest BCUT2D eigenvalue weighted by molar-refractivity contribution is 0.0685. The van der Waals surface area contributed by atoms with E-state index in [0.29, 0.717) is 11.6 Å². The highest BCUT2D eigenvalue weighted by atomic mass is 16.6. The molecular formula is C12H11N3O3. The van der Waals surface area contributed by atoms with Crippen LogP contribution in [0.15, 0.2) is 36.7 Å². The average molecular weight is 245 g/mol. The van der Waals surface area contributed by atoms with Crippen LogP contribution in [0.3, 0.4) is 0 Å². The molecule has 0 saturated carbocycles. The summed E-state index contributed by atoms with van der Waals surface area (Å²) < 4.78 is 12.5. The van der Waals surface area contributed by atoms with Gasteiger partial charge in [-0.05, 0) is 12.1 Å². The Kier molecular flexibility index (Phi) is 2.40. The Morgan fingerprint density at radius 1 is 1.50 bits per heavy atom. The predicted octanol–water partition coefficient (Wildman–Crippen LogP) is 1.40. The van der Waals surface area contributed by atoms with E-state index in [1.54, 1.807) is 12.4 Å². The number of benzene rings is 1. The van der Waals surface area contributed by atoms with Crippen molar-refractivity contribution in [2.75, 3.05) is 6.61 Å². The van der Waals surface area contributed by atoms with Gasteiger partial charge in [0, 0.05) is 12.4 Å². The van der Waals surface area contributed by atoms with E-state index < -0.39 is 12.2 Å². The van der Waals surface area contributed by atoms with Gasteiger partial charge in [-0.3, -0.25) is 4.57 Å². The molecule has 18 heavy (non-hydrogen) atoms. The number of ether oxygens (including phenoxy) is 2. The molecule has 1 atom stereocenters. The van der Waals surface area contributed by atoms with E-state index in [0.717, 1.165) is 5.69 Å². The highest BCUT2D eigenvalue weighted by Crippen LogP contribution is 2.31. The van der Waals surface area contributed by atoms with E-state index in [4.69, 9.17) is 15.2 Å². The van der Waals surface area contributed by atoms with Crippen LogP contribution < -0.4 is 10.5 Å². The summed E-state index contributed by atoms with van der Waals surface area (Å²) >= 11 is 0. The number of rotatable bonds is 1. The number of hydrogen-bond donors (Lipinski definition) is 1. The maximum Gasteiger partial charge on any atom is 0.405 e. The number of para-hydroxylation sites is 2. The van der Waals surface area contributed by atoms with Gasteiger partial charge >= 0.3 is 6.09 Å². The number of nitrogens with two attached hydrogens (primary N) is 1. The first-order chi connectivity index (χ1) is 8.75. The highest BCUT2D eigenvalue weighted by Gasteiger charge is 2.26. The number of aromatic nitrogens is 2. The summed E-state index contributed by atoms with van der Waals surface area (Å²) in [7, 11) is 0. The molecule has 1 aromatic carbocycles. The Labute approximate surface area is 103 Å². The molecule has 0 saturated heterocycles. The van der Waals surface area contributed by atoms with Crippen LogP contribution in [0.5, 0.6) is 5.75 Å². The quantitative estimate of drug-likeness (QED) is 0.823. The van der Waals surface area contributed by atoms with E-state index in [1.165, 1.54) is 0 Å². The van der Waals surface area contributed by atoms with Crippen LogP contribution in [0.4, 0.5) is 4.79 Å². The maximum atomic E-state index is 10.9. The normalized spacial score (nSPS) is 17.0. The van der Waals surface area contributed by atoms with Crippen molar-refractivity contribution in [2.24, 2.45) is 5.73 Å². The number of carbonyl (C=O) groups is 1. The third kappa shape index (κ3) is 1.67. The molecule has 2 heterocycles. The minimum Gasteiger partial charge on any atom is -0.487 e. The fraction of sp³-hybridized carbons (Fsp3) is 0.167. The first kappa shape index (κ1) is 10.6. The van der Waals surface area contributed by atoms with Crippen LogP contribution in [0.25, 0.3) is 5.69 Å². The van der Waals surface area contributed by atoms with Crippen LogP contribution in [-0.4, -0.2) is 22.3 Å². The standard InChI is InChI=1S/C12H11N3O3/c13-12(16)18-10-7-17-9-4-2-1-3-8(9)15-6-5-14-11(10)15/h1-6,10H,7H2,(H2,13,16)/t10-/m1/s1. The molecule has 1 aromatic heterocycles. The number of amides is 1. The molecule has 0 bridgehead atoms. The maximum absolute atomic E-state index is 10.9. The largest absolute Gasteiger partial charge is 0.487 e. The summed E-state index contributed by atoms with van der Waals surface area (Å²) in [6, 6.07) is 7.55. The zero-order chi connectivity index (χ0) is 12.5. The lowest BCUT2D eigenvalue weighted by Gasteiger charge is -2.13. The van der Waals surface area contributed by atoms with E-state index in [2.05, 4.69) is 4.98 Å². The van der Waals surface area contributed by atoms with Crippen molar-refractivity contribution in [1.82, 2.24) is 9.55 Å². The Balaban J connectivity index is 2.09. The Morgan fingerprint density at radius 2 is 2.33 bits per heavy atom. The molecule has 0 unspecified atom stereocenters. The van der Waals surface area contributed by atoms with Crippen molar-refractivity contribution in [1.29, 1.82) is 0 Å². The second kappa shape index (κ2) is 4.06. The Morgan fingerprint density at radius 3 is 3.17 bits per heavy atom. The van der Waals surface area contributed by atoms with Gasteiger partial charge in [0.05, 0.1) is 5.69 Å². The molecular weight excluding hydrogens is 234 g/mol. The van der Waals surface area contributed by atoms with Crippen LogP contribution in [0.2, 0.25) is 0 Å². The van der Waals surface area contributed by atoms with Crippen LogP contribution in [-0.2, 0) is 4.74 Å². The van der Waals surface area contributed by atoms with Crippen molar-refractivity contribution >= 4 is 6.09 Å². The van der Waals surface area contributed by atoms with Gasteiger partial charge in [0.15, 0.2) is 11.9 Å².